The predicted octanol–water partition coefficient (Wildman–Crippen LogP) is 1.45. The van der Waals surface area contributed by atoms with E-state index in [1.54, 1.807) is 0 Å². The molecule has 0 aromatic rings. The van der Waals surface area contributed by atoms with E-state index in [9.17, 15) is 0 Å². The van der Waals surface area contributed by atoms with Crippen LogP contribution >= 0.6 is 0 Å². The van der Waals surface area contributed by atoms with Crippen molar-refractivity contribution < 1.29 is 19.3 Å². The zero-order chi connectivity index (χ0) is 11.1. The van der Waals surface area contributed by atoms with Gasteiger partial charge in [0.05, 0.1) is 25.4 Å². The van der Waals surface area contributed by atoms with Gasteiger partial charge in [-0.2, -0.15) is 0 Å². The Balaban J connectivity index is 0. The van der Waals surface area contributed by atoms with E-state index in [4.69, 9.17) is 14.6 Å². The van der Waals surface area contributed by atoms with E-state index >= 15 is 0 Å². The average Bonchev–Trinajstić information content (AvgIpc) is 2.22. The van der Waals surface area contributed by atoms with Crippen molar-refractivity contribution in [3.63, 3.8) is 0 Å². The lowest BCUT2D eigenvalue weighted by Gasteiger charge is -1.97. The molecule has 0 bridgehead atoms. The van der Waals surface area contributed by atoms with Crippen molar-refractivity contribution in [2.45, 2.75) is 0 Å². The average molecular weight is 202 g/mol. The van der Waals surface area contributed by atoms with Gasteiger partial charge in [0.25, 0.3) is 0 Å². The molecule has 0 unspecified atom stereocenters. The van der Waals surface area contributed by atoms with Crippen LogP contribution < -0.4 is 0 Å². The molecule has 1 N–H and O–H groups in total. The number of aliphatic hydroxyl groups excluding tert-OH is 1. The normalized spacial score (nSPS) is 7.50. The van der Waals surface area contributed by atoms with Crippen LogP contribution in [0.15, 0.2) is 38.5 Å². The number of rotatable bonds is 8. The second-order valence-electron chi connectivity index (χ2n) is 1.84. The van der Waals surface area contributed by atoms with Crippen LogP contribution in [0.1, 0.15) is 0 Å². The Morgan fingerprint density at radius 3 is 1.36 bits per heavy atom. The number of hydrogen-bond donors (Lipinski definition) is 1. The highest BCUT2D eigenvalue weighted by atomic mass is 16.5. The molecule has 0 aliphatic rings. The quantitative estimate of drug-likeness (QED) is 0.478. The van der Waals surface area contributed by atoms with Crippen LogP contribution in [0.3, 0.4) is 0 Å². The molecule has 0 saturated heterocycles. The summed E-state index contributed by atoms with van der Waals surface area (Å²) in [6, 6.07) is 0. The third-order valence-electron chi connectivity index (χ3n) is 0.882. The van der Waals surface area contributed by atoms with E-state index in [-0.39, 0.29) is 6.61 Å². The molecule has 0 aromatic carbocycles. The van der Waals surface area contributed by atoms with Gasteiger partial charge in [0, 0.05) is 0 Å². The zero-order valence-electron chi connectivity index (χ0n) is 8.35. The molecule has 0 radical (unpaired) electrons. The first-order valence-electron chi connectivity index (χ1n) is 4.11. The van der Waals surface area contributed by atoms with Crippen molar-refractivity contribution in [3.8, 4) is 0 Å². The first-order chi connectivity index (χ1) is 6.83. The molecule has 4 heteroatoms. The lowest BCUT2D eigenvalue weighted by Crippen LogP contribution is -1.95. The van der Waals surface area contributed by atoms with Crippen molar-refractivity contribution >= 4 is 0 Å². The topological polar surface area (TPSA) is 47.9 Å². The zero-order valence-corrected chi connectivity index (χ0v) is 8.35. The Morgan fingerprint density at radius 2 is 1.14 bits per heavy atom. The predicted molar refractivity (Wildman–Crippen MR) is 55.5 cm³/mol. The van der Waals surface area contributed by atoms with Gasteiger partial charge in [0.2, 0.25) is 0 Å². The summed E-state index contributed by atoms with van der Waals surface area (Å²) in [4.78, 5) is 0. The van der Waals surface area contributed by atoms with Crippen LogP contribution in [0.25, 0.3) is 0 Å². The summed E-state index contributed by atoms with van der Waals surface area (Å²) in [5.41, 5.74) is 0. The molecule has 0 atom stereocenters. The fourth-order valence-electron chi connectivity index (χ4n) is 0.399. The van der Waals surface area contributed by atoms with Crippen molar-refractivity contribution in [1.82, 2.24) is 0 Å². The highest BCUT2D eigenvalue weighted by molar-refractivity contribution is 4.51. The molecule has 0 fully saturated rings. The molecule has 0 heterocycles. The Labute approximate surface area is 85.1 Å². The van der Waals surface area contributed by atoms with E-state index < -0.39 is 0 Å². The number of ether oxygens (including phenoxy) is 3. The molecule has 4 nitrogen and oxygen atoms in total. The highest BCUT2D eigenvalue weighted by Crippen LogP contribution is 1.76. The Kier molecular flexibility index (Phi) is 19.0. The van der Waals surface area contributed by atoms with Gasteiger partial charge in [-0.05, 0) is 0 Å². The summed E-state index contributed by atoms with van der Waals surface area (Å²) >= 11 is 0. The molecule has 0 aliphatic heterocycles. The van der Waals surface area contributed by atoms with Gasteiger partial charge < -0.3 is 19.3 Å². The van der Waals surface area contributed by atoms with Crippen LogP contribution in [-0.4, -0.2) is 31.5 Å². The van der Waals surface area contributed by atoms with Crippen LogP contribution in [0.2, 0.25) is 0 Å². The van der Waals surface area contributed by atoms with Crippen LogP contribution in [0.5, 0.6) is 0 Å². The standard InChI is InChI=1S/C6H10O2.C4H8O2/c1-3-7-5-6-8-4-2;1-2-6-4-3-5/h3-4H,1-2,5-6H2;2,5H,1,3-4H2. The van der Waals surface area contributed by atoms with Gasteiger partial charge in [-0.15, -0.1) is 0 Å². The third kappa shape index (κ3) is 22.4. The van der Waals surface area contributed by atoms with E-state index in [1.165, 1.54) is 18.8 Å². The van der Waals surface area contributed by atoms with Gasteiger partial charge in [0.15, 0.2) is 0 Å². The van der Waals surface area contributed by atoms with Crippen molar-refractivity contribution in [1.29, 1.82) is 0 Å². The summed E-state index contributed by atoms with van der Waals surface area (Å²) in [6.07, 6.45) is 4.06. The maximum Gasteiger partial charge on any atom is 0.121 e. The van der Waals surface area contributed by atoms with Gasteiger partial charge in [0.1, 0.15) is 19.8 Å². The minimum atomic E-state index is 0.0615. The summed E-state index contributed by atoms with van der Waals surface area (Å²) < 4.78 is 13.9. The molecule has 0 amide bonds. The molecule has 0 spiro atoms. The first-order valence-corrected chi connectivity index (χ1v) is 4.11. The minimum absolute atomic E-state index is 0.0615. The van der Waals surface area contributed by atoms with Crippen molar-refractivity contribution in [2.75, 3.05) is 26.4 Å². The molecular formula is C10H18O4. The Morgan fingerprint density at radius 1 is 0.786 bits per heavy atom. The summed E-state index contributed by atoms with van der Waals surface area (Å²) in [7, 11) is 0. The molecule has 0 saturated carbocycles. The second-order valence-corrected chi connectivity index (χ2v) is 1.84. The Bertz CT molecular complexity index is 124. The van der Waals surface area contributed by atoms with E-state index in [2.05, 4.69) is 24.5 Å². The summed E-state index contributed by atoms with van der Waals surface area (Å²) in [6.45, 7) is 11.5. The van der Waals surface area contributed by atoms with Crippen LogP contribution in [-0.2, 0) is 14.2 Å². The highest BCUT2D eigenvalue weighted by Gasteiger charge is 1.77. The second kappa shape index (κ2) is 17.6. The SMILES string of the molecule is C=COCCO.C=COCCOC=C. The molecule has 0 aromatic heterocycles. The molecule has 82 valence electrons. The summed E-state index contributed by atoms with van der Waals surface area (Å²) in [5.74, 6) is 0. The van der Waals surface area contributed by atoms with E-state index in [1.807, 2.05) is 0 Å². The van der Waals surface area contributed by atoms with Gasteiger partial charge >= 0.3 is 0 Å². The first kappa shape index (κ1) is 15.1. The Hall–Kier alpha value is -1.42. The van der Waals surface area contributed by atoms with Crippen molar-refractivity contribution in [3.05, 3.63) is 38.5 Å². The van der Waals surface area contributed by atoms with Crippen LogP contribution in [0.4, 0.5) is 0 Å². The van der Waals surface area contributed by atoms with E-state index in [0.29, 0.717) is 19.8 Å². The lowest BCUT2D eigenvalue weighted by atomic mass is 10.8. The molecule has 0 aliphatic carbocycles. The fourth-order valence-corrected chi connectivity index (χ4v) is 0.399. The third-order valence-corrected chi connectivity index (χ3v) is 0.882. The largest absolute Gasteiger partial charge is 0.499 e. The maximum absolute atomic E-state index is 8.02. The van der Waals surface area contributed by atoms with Gasteiger partial charge in [-0.25, -0.2) is 0 Å². The number of hydrogen-bond acceptors (Lipinski definition) is 4. The lowest BCUT2D eigenvalue weighted by molar-refractivity contribution is 0.151. The van der Waals surface area contributed by atoms with Gasteiger partial charge in [-0.3, -0.25) is 0 Å². The van der Waals surface area contributed by atoms with Crippen LogP contribution in [0, 0.1) is 0 Å². The fraction of sp³-hybridized carbons (Fsp3) is 0.400. The molecule has 14 heavy (non-hydrogen) atoms. The smallest absolute Gasteiger partial charge is 0.121 e. The monoisotopic (exact) mass is 202 g/mol. The number of aliphatic hydroxyl groups is 1. The van der Waals surface area contributed by atoms with Crippen molar-refractivity contribution in [2.24, 2.45) is 0 Å². The molecule has 0 rings (SSSR count). The maximum atomic E-state index is 8.02. The van der Waals surface area contributed by atoms with E-state index in [0.717, 1.165) is 0 Å². The summed E-state index contributed by atoms with van der Waals surface area (Å²) in [5, 5.41) is 8.02. The van der Waals surface area contributed by atoms with Gasteiger partial charge in [-0.1, -0.05) is 19.7 Å². The minimum Gasteiger partial charge on any atom is -0.499 e. The molecular weight excluding hydrogens is 184 g/mol.